The van der Waals surface area contributed by atoms with E-state index in [4.69, 9.17) is 4.98 Å². The fourth-order valence-electron chi connectivity index (χ4n) is 5.23. The van der Waals surface area contributed by atoms with Crippen LogP contribution < -0.4 is 10.5 Å². The predicted octanol–water partition coefficient (Wildman–Crippen LogP) is 3.79. The number of nitrogens with zero attached hydrogens (tertiary/aromatic N) is 5. The van der Waals surface area contributed by atoms with Crippen LogP contribution in [0.1, 0.15) is 23.9 Å². The number of pyridine rings is 2. The summed E-state index contributed by atoms with van der Waals surface area (Å²) in [5.41, 5.74) is 3.91. The van der Waals surface area contributed by atoms with E-state index in [0.717, 1.165) is 65.6 Å². The molecular formula is C25H23N5O. The van der Waals surface area contributed by atoms with E-state index in [1.165, 1.54) is 0 Å². The molecule has 5 heterocycles. The first-order valence-electron chi connectivity index (χ1n) is 10.8. The minimum absolute atomic E-state index is 0.0737. The van der Waals surface area contributed by atoms with Crippen molar-refractivity contribution in [3.63, 3.8) is 0 Å². The molecular weight excluding hydrogens is 386 g/mol. The third-order valence-corrected chi connectivity index (χ3v) is 6.51. The Bertz CT molecular complexity index is 1350. The van der Waals surface area contributed by atoms with E-state index >= 15 is 0 Å². The molecule has 4 aromatic rings. The molecule has 6 nitrogen and oxygen atoms in total. The summed E-state index contributed by atoms with van der Waals surface area (Å²) in [5.74, 6) is 2.52. The van der Waals surface area contributed by atoms with Crippen molar-refractivity contribution in [1.82, 2.24) is 19.5 Å². The molecule has 0 unspecified atom stereocenters. The third-order valence-electron chi connectivity index (χ3n) is 6.51. The number of benzene rings is 1. The van der Waals surface area contributed by atoms with Crippen molar-refractivity contribution >= 4 is 16.7 Å². The molecule has 1 fully saturated rings. The summed E-state index contributed by atoms with van der Waals surface area (Å²) in [6.45, 7) is 4.47. The lowest BCUT2D eigenvalue weighted by Gasteiger charge is -2.43. The topological polar surface area (TPSA) is 63.9 Å². The van der Waals surface area contributed by atoms with Crippen molar-refractivity contribution in [2.45, 2.75) is 25.8 Å². The van der Waals surface area contributed by atoms with E-state index in [-0.39, 0.29) is 11.5 Å². The van der Waals surface area contributed by atoms with Gasteiger partial charge in [0.2, 0.25) is 0 Å². The van der Waals surface area contributed by atoms with Crippen LogP contribution in [0.4, 0.5) is 5.82 Å². The lowest BCUT2D eigenvalue weighted by atomic mass is 9.82. The summed E-state index contributed by atoms with van der Waals surface area (Å²) in [7, 11) is 0. The molecule has 2 aliphatic heterocycles. The van der Waals surface area contributed by atoms with E-state index in [9.17, 15) is 4.79 Å². The number of aryl methyl sites for hydroxylation is 1. The zero-order chi connectivity index (χ0) is 20.9. The van der Waals surface area contributed by atoms with Gasteiger partial charge in [-0.1, -0.05) is 18.2 Å². The lowest BCUT2D eigenvalue weighted by molar-refractivity contribution is 0.281. The van der Waals surface area contributed by atoms with Gasteiger partial charge in [-0.05, 0) is 49.6 Å². The van der Waals surface area contributed by atoms with E-state index in [1.54, 1.807) is 12.3 Å². The summed E-state index contributed by atoms with van der Waals surface area (Å²) in [6, 6.07) is 17.9. The molecule has 154 valence electrons. The molecule has 6 rings (SSSR count). The molecule has 0 saturated carbocycles. The molecule has 1 aromatic carbocycles. The Hall–Kier alpha value is -3.54. The Morgan fingerprint density at radius 3 is 2.71 bits per heavy atom. The van der Waals surface area contributed by atoms with Gasteiger partial charge in [-0.15, -0.1) is 0 Å². The highest BCUT2D eigenvalue weighted by atomic mass is 16.1. The van der Waals surface area contributed by atoms with Crippen LogP contribution >= 0.6 is 0 Å². The summed E-state index contributed by atoms with van der Waals surface area (Å²) in [4.78, 5) is 29.2. The maximum Gasteiger partial charge on any atom is 0.251 e. The van der Waals surface area contributed by atoms with Crippen molar-refractivity contribution in [3.05, 3.63) is 82.7 Å². The van der Waals surface area contributed by atoms with Crippen LogP contribution in [-0.4, -0.2) is 32.6 Å². The number of anilines is 1. The second kappa shape index (κ2) is 7.01. The smallest absolute Gasteiger partial charge is 0.251 e. The number of para-hydroxylation sites is 1. The van der Waals surface area contributed by atoms with Crippen molar-refractivity contribution in [3.8, 4) is 11.3 Å². The van der Waals surface area contributed by atoms with E-state index in [0.29, 0.717) is 5.92 Å². The predicted molar refractivity (Wildman–Crippen MR) is 121 cm³/mol. The summed E-state index contributed by atoms with van der Waals surface area (Å²) >= 11 is 0. The minimum atomic E-state index is 0.0737. The first-order chi connectivity index (χ1) is 15.2. The maximum atomic E-state index is 13.0. The normalized spacial score (nSPS) is 20.0. The van der Waals surface area contributed by atoms with Gasteiger partial charge >= 0.3 is 0 Å². The average molecular weight is 409 g/mol. The average Bonchev–Trinajstić information content (AvgIpc) is 2.79. The van der Waals surface area contributed by atoms with Gasteiger partial charge in [0.1, 0.15) is 11.6 Å². The standard InChI is InChI=1S/C25H23N5O/c1-16-27-22-8-3-2-6-20(22)25(28-16)29-13-17-10-19(15-29)23-11-18(12-24(31)30(23)14-17)21-7-4-5-9-26-21/h2-9,11-12,17,19H,10,13-15H2,1H3/t17-,19+/m0/s1. The molecule has 0 radical (unpaired) electrons. The van der Waals surface area contributed by atoms with Gasteiger partial charge in [0.05, 0.1) is 11.2 Å². The van der Waals surface area contributed by atoms with Crippen molar-refractivity contribution in [1.29, 1.82) is 0 Å². The van der Waals surface area contributed by atoms with Gasteiger partial charge in [0, 0.05) is 54.5 Å². The quantitative estimate of drug-likeness (QED) is 0.504. The minimum Gasteiger partial charge on any atom is -0.355 e. The molecule has 2 atom stereocenters. The van der Waals surface area contributed by atoms with Crippen molar-refractivity contribution < 1.29 is 0 Å². The highest BCUT2D eigenvalue weighted by Gasteiger charge is 2.36. The fraction of sp³-hybridized carbons (Fsp3) is 0.280. The van der Waals surface area contributed by atoms with Gasteiger partial charge in [-0.3, -0.25) is 9.78 Å². The molecule has 3 aromatic heterocycles. The number of aromatic nitrogens is 4. The Morgan fingerprint density at radius 2 is 1.84 bits per heavy atom. The second-order valence-electron chi connectivity index (χ2n) is 8.65. The van der Waals surface area contributed by atoms with Crippen molar-refractivity contribution in [2.24, 2.45) is 5.92 Å². The molecule has 0 spiro atoms. The summed E-state index contributed by atoms with van der Waals surface area (Å²) in [6.07, 6.45) is 2.87. The van der Waals surface area contributed by atoms with Crippen LogP contribution in [0.25, 0.3) is 22.2 Å². The Balaban J connectivity index is 1.42. The molecule has 0 amide bonds. The lowest BCUT2D eigenvalue weighted by Crippen LogP contribution is -2.47. The van der Waals surface area contributed by atoms with Crippen molar-refractivity contribution in [2.75, 3.05) is 18.0 Å². The van der Waals surface area contributed by atoms with Gasteiger partial charge in [-0.25, -0.2) is 9.97 Å². The highest BCUT2D eigenvalue weighted by Crippen LogP contribution is 2.39. The molecule has 0 aliphatic carbocycles. The van der Waals surface area contributed by atoms with Gasteiger partial charge < -0.3 is 9.47 Å². The largest absolute Gasteiger partial charge is 0.355 e. The molecule has 31 heavy (non-hydrogen) atoms. The van der Waals surface area contributed by atoms with Gasteiger partial charge in [0.25, 0.3) is 5.56 Å². The van der Waals surface area contributed by atoms with Crippen LogP contribution in [0.15, 0.2) is 65.6 Å². The summed E-state index contributed by atoms with van der Waals surface area (Å²) in [5, 5.41) is 1.09. The van der Waals surface area contributed by atoms with Crippen LogP contribution in [0, 0.1) is 12.8 Å². The monoisotopic (exact) mass is 409 g/mol. The van der Waals surface area contributed by atoms with Crippen LogP contribution in [0.3, 0.4) is 0 Å². The number of hydrogen-bond donors (Lipinski definition) is 0. The van der Waals surface area contributed by atoms with Crippen LogP contribution in [-0.2, 0) is 6.54 Å². The van der Waals surface area contributed by atoms with Crippen LogP contribution in [0.2, 0.25) is 0 Å². The first-order valence-corrected chi connectivity index (χ1v) is 10.8. The van der Waals surface area contributed by atoms with E-state index < -0.39 is 0 Å². The second-order valence-corrected chi connectivity index (χ2v) is 8.65. The summed E-state index contributed by atoms with van der Waals surface area (Å²) < 4.78 is 1.98. The van der Waals surface area contributed by atoms with Gasteiger partial charge in [-0.2, -0.15) is 0 Å². The van der Waals surface area contributed by atoms with E-state index in [1.807, 2.05) is 47.9 Å². The van der Waals surface area contributed by atoms with Crippen LogP contribution in [0.5, 0.6) is 0 Å². The Morgan fingerprint density at radius 1 is 0.968 bits per heavy atom. The fourth-order valence-corrected chi connectivity index (χ4v) is 5.23. The molecule has 6 heteroatoms. The highest BCUT2D eigenvalue weighted by molar-refractivity contribution is 5.89. The molecule has 2 bridgehead atoms. The number of hydrogen-bond acceptors (Lipinski definition) is 5. The van der Waals surface area contributed by atoms with E-state index in [2.05, 4.69) is 27.0 Å². The first kappa shape index (κ1) is 18.2. The molecule has 0 N–H and O–H groups in total. The molecule has 1 saturated heterocycles. The maximum absolute atomic E-state index is 13.0. The SMILES string of the molecule is Cc1nc(N2C[C@@H]3C[C@H](C2)c2cc(-c4ccccn4)cc(=O)n2C3)c2ccccc2n1. The number of fused-ring (bicyclic) bond motifs is 5. The number of piperidine rings is 1. The Labute approximate surface area is 180 Å². The third kappa shape index (κ3) is 3.10. The zero-order valence-electron chi connectivity index (χ0n) is 17.4. The number of rotatable bonds is 2. The van der Waals surface area contributed by atoms with Gasteiger partial charge in [0.15, 0.2) is 0 Å². The molecule has 2 aliphatic rings. The zero-order valence-corrected chi connectivity index (χ0v) is 17.4. The Kier molecular flexibility index (Phi) is 4.13.